The van der Waals surface area contributed by atoms with Crippen LogP contribution in [0.4, 0.5) is 18.9 Å². The van der Waals surface area contributed by atoms with Crippen LogP contribution >= 0.6 is 0 Å². The number of fused-ring (bicyclic) bond motifs is 2. The van der Waals surface area contributed by atoms with Gasteiger partial charge in [0.2, 0.25) is 11.8 Å². The Morgan fingerprint density at radius 3 is 2.46 bits per heavy atom. The maximum Gasteiger partial charge on any atom is 0.416 e. The Balaban J connectivity index is 0.852. The molecule has 292 valence electrons. The molecule has 0 aliphatic carbocycles. The molecule has 3 aliphatic heterocycles. The molecule has 14 heteroatoms. The molecular weight excluding hydrogens is 738 g/mol. The number of anilines is 1. The molecule has 4 amide bonds. The molecule has 0 bridgehead atoms. The topological polar surface area (TPSA) is 124 Å². The third-order valence-corrected chi connectivity index (χ3v) is 10.8. The molecule has 57 heavy (non-hydrogen) atoms. The summed E-state index contributed by atoms with van der Waals surface area (Å²) in [5.41, 5.74) is 3.80. The Kier molecular flexibility index (Phi) is 10.1. The summed E-state index contributed by atoms with van der Waals surface area (Å²) in [6, 6.07) is 25.6. The number of carbonyl (C=O) groups excluding carboxylic acids is 4. The number of piperidine rings is 1. The third kappa shape index (κ3) is 8.03. The number of rotatable bonds is 9. The number of hydrogen-bond acceptors (Lipinski definition) is 8. The highest BCUT2D eigenvalue weighted by molar-refractivity contribution is 6.05. The molecule has 8 rings (SSSR count). The van der Waals surface area contributed by atoms with Gasteiger partial charge in [-0.2, -0.15) is 13.2 Å². The van der Waals surface area contributed by atoms with Crippen molar-refractivity contribution in [3.8, 4) is 11.5 Å². The molecule has 0 radical (unpaired) electrons. The predicted molar refractivity (Wildman–Crippen MR) is 206 cm³/mol. The van der Waals surface area contributed by atoms with E-state index in [4.69, 9.17) is 9.72 Å². The number of hydrogen-bond donors (Lipinski definition) is 2. The monoisotopic (exact) mass is 776 g/mol. The van der Waals surface area contributed by atoms with Crippen LogP contribution in [0, 0.1) is 0 Å². The van der Waals surface area contributed by atoms with E-state index < -0.39 is 23.7 Å². The van der Waals surface area contributed by atoms with E-state index in [-0.39, 0.29) is 35.9 Å². The molecule has 4 aromatic carbocycles. The molecule has 2 saturated heterocycles. The first kappa shape index (κ1) is 37.6. The molecule has 0 spiro atoms. The van der Waals surface area contributed by atoms with Crippen molar-refractivity contribution >= 4 is 40.1 Å². The number of nitrogens with zero attached hydrogens (tertiary/aromatic N) is 4. The molecule has 2 fully saturated rings. The minimum atomic E-state index is -4.44. The van der Waals surface area contributed by atoms with Gasteiger partial charge in [-0.05, 0) is 103 Å². The van der Waals surface area contributed by atoms with Crippen LogP contribution in [0.15, 0.2) is 97.1 Å². The highest BCUT2D eigenvalue weighted by Crippen LogP contribution is 2.35. The summed E-state index contributed by atoms with van der Waals surface area (Å²) in [4.78, 5) is 61.6. The molecule has 1 unspecified atom stereocenters. The summed E-state index contributed by atoms with van der Waals surface area (Å²) in [6.07, 6.45) is -3.89. The zero-order chi connectivity index (χ0) is 39.8. The Hall–Kier alpha value is -6.28. The maximum absolute atomic E-state index is 13.4. The number of halogens is 3. The smallest absolute Gasteiger partial charge is 0.416 e. The Bertz CT molecular complexity index is 2380. The van der Waals surface area contributed by atoms with E-state index in [2.05, 4.69) is 20.4 Å². The molecule has 2 atom stereocenters. The van der Waals surface area contributed by atoms with Gasteiger partial charge in [-0.1, -0.05) is 18.2 Å². The van der Waals surface area contributed by atoms with Crippen molar-refractivity contribution in [1.82, 2.24) is 25.4 Å². The van der Waals surface area contributed by atoms with Crippen LogP contribution in [0.3, 0.4) is 0 Å². The van der Waals surface area contributed by atoms with Crippen molar-refractivity contribution in [2.24, 2.45) is 0 Å². The lowest BCUT2D eigenvalue weighted by atomic mass is 10.0. The van der Waals surface area contributed by atoms with Gasteiger partial charge < -0.3 is 19.9 Å². The van der Waals surface area contributed by atoms with Crippen LogP contribution in [-0.4, -0.2) is 70.6 Å². The van der Waals surface area contributed by atoms with Gasteiger partial charge in [0.25, 0.3) is 11.8 Å². The number of amides is 4. The average molecular weight is 777 g/mol. The van der Waals surface area contributed by atoms with Gasteiger partial charge >= 0.3 is 6.18 Å². The number of nitrogens with one attached hydrogen (secondary N) is 2. The standard InChI is InChI=1S/C43H39F3N6O5/c1-26(47-40(54)28-8-14-34-27(22-28)4-2-7-38(34)57-33-12-9-30(10-13-33)43(44,45)46)36-6-3-5-31(48-36)25-50-18-20-51(21-19-50)32-11-15-35-29(23-32)24-52(42(35)56)37-16-17-39(53)49-41(37)55/h2-15,22-23,26,37H,16-21,24-25H2,1H3,(H,47,54)(H,49,53,55)/t26-,37?/m0/s1. The van der Waals surface area contributed by atoms with Crippen molar-refractivity contribution in [3.05, 3.63) is 131 Å². The average Bonchev–Trinajstić information content (AvgIpc) is 3.52. The third-order valence-electron chi connectivity index (χ3n) is 10.8. The molecule has 2 N–H and O–H groups in total. The lowest BCUT2D eigenvalue weighted by Gasteiger charge is -2.36. The number of aromatic nitrogens is 1. The molecule has 4 heterocycles. The summed E-state index contributed by atoms with van der Waals surface area (Å²) in [5, 5.41) is 6.84. The number of piperazine rings is 1. The summed E-state index contributed by atoms with van der Waals surface area (Å²) < 4.78 is 44.9. The Morgan fingerprint density at radius 2 is 1.70 bits per heavy atom. The van der Waals surface area contributed by atoms with Crippen molar-refractivity contribution in [2.45, 2.75) is 51.1 Å². The minimum Gasteiger partial charge on any atom is -0.457 e. The van der Waals surface area contributed by atoms with Gasteiger partial charge in [0, 0.05) is 67.9 Å². The lowest BCUT2D eigenvalue weighted by molar-refractivity contribution is -0.138. The lowest BCUT2D eigenvalue weighted by Crippen LogP contribution is -2.52. The van der Waals surface area contributed by atoms with E-state index in [1.54, 1.807) is 35.2 Å². The fourth-order valence-corrected chi connectivity index (χ4v) is 7.66. The van der Waals surface area contributed by atoms with Crippen molar-refractivity contribution in [1.29, 1.82) is 0 Å². The molecule has 11 nitrogen and oxygen atoms in total. The largest absolute Gasteiger partial charge is 0.457 e. The van der Waals surface area contributed by atoms with E-state index in [0.29, 0.717) is 41.8 Å². The maximum atomic E-state index is 13.4. The van der Waals surface area contributed by atoms with Crippen LogP contribution in [0.2, 0.25) is 0 Å². The summed E-state index contributed by atoms with van der Waals surface area (Å²) >= 11 is 0. The predicted octanol–water partition coefficient (Wildman–Crippen LogP) is 6.62. The molecule has 1 aromatic heterocycles. The van der Waals surface area contributed by atoms with Gasteiger partial charge in [0.1, 0.15) is 17.5 Å². The second-order valence-electron chi connectivity index (χ2n) is 14.6. The van der Waals surface area contributed by atoms with Crippen LogP contribution in [0.1, 0.15) is 69.0 Å². The SMILES string of the molecule is C[C@H](NC(=O)c1ccc2c(Oc3ccc(C(F)(F)F)cc3)cccc2c1)c1cccc(CN2CCN(c3ccc4c(c3)CN(C3CCC(=O)NC3=O)C4=O)CC2)n1. The van der Waals surface area contributed by atoms with Gasteiger partial charge in [0.05, 0.1) is 23.0 Å². The fraction of sp³-hybridized carbons (Fsp3) is 0.279. The zero-order valence-electron chi connectivity index (χ0n) is 31.0. The number of imide groups is 1. The van der Waals surface area contributed by atoms with Crippen LogP contribution < -0.4 is 20.3 Å². The summed E-state index contributed by atoms with van der Waals surface area (Å²) in [5.74, 6) is -0.468. The highest BCUT2D eigenvalue weighted by Gasteiger charge is 2.39. The van der Waals surface area contributed by atoms with E-state index in [9.17, 15) is 32.3 Å². The van der Waals surface area contributed by atoms with Crippen molar-refractivity contribution in [3.63, 3.8) is 0 Å². The second kappa shape index (κ2) is 15.3. The van der Waals surface area contributed by atoms with E-state index in [1.807, 2.05) is 49.4 Å². The van der Waals surface area contributed by atoms with Crippen LogP contribution in [0.25, 0.3) is 10.8 Å². The molecule has 0 saturated carbocycles. The second-order valence-corrected chi connectivity index (χ2v) is 14.6. The van der Waals surface area contributed by atoms with E-state index in [0.717, 1.165) is 66.3 Å². The first-order valence-corrected chi connectivity index (χ1v) is 18.8. The highest BCUT2D eigenvalue weighted by atomic mass is 19.4. The van der Waals surface area contributed by atoms with Crippen molar-refractivity contribution < 1.29 is 37.1 Å². The number of benzene rings is 4. The van der Waals surface area contributed by atoms with Crippen LogP contribution in [-0.2, 0) is 28.9 Å². The van der Waals surface area contributed by atoms with Gasteiger partial charge in [-0.15, -0.1) is 0 Å². The number of alkyl halides is 3. The normalized spacial score (nSPS) is 18.0. The summed E-state index contributed by atoms with van der Waals surface area (Å²) in [6.45, 7) is 6.03. The molecular formula is C43H39F3N6O5. The van der Waals surface area contributed by atoms with Gasteiger partial charge in [0.15, 0.2) is 0 Å². The molecule has 3 aliphatic rings. The number of pyridine rings is 1. The van der Waals surface area contributed by atoms with Gasteiger partial charge in [-0.3, -0.25) is 34.4 Å². The Morgan fingerprint density at radius 1 is 0.930 bits per heavy atom. The fourth-order valence-electron chi connectivity index (χ4n) is 7.66. The first-order valence-electron chi connectivity index (χ1n) is 18.8. The number of carbonyl (C=O) groups is 4. The van der Waals surface area contributed by atoms with Crippen LogP contribution in [0.5, 0.6) is 11.5 Å². The molecule has 5 aromatic rings. The van der Waals surface area contributed by atoms with Gasteiger partial charge in [-0.25, -0.2) is 0 Å². The van der Waals surface area contributed by atoms with Crippen molar-refractivity contribution in [2.75, 3.05) is 31.1 Å². The zero-order valence-corrected chi connectivity index (χ0v) is 31.0. The minimum absolute atomic E-state index is 0.183. The first-order chi connectivity index (χ1) is 27.4. The Labute approximate surface area is 326 Å². The number of ether oxygens (including phenoxy) is 1. The quantitative estimate of drug-likeness (QED) is 0.160. The van der Waals surface area contributed by atoms with E-state index >= 15 is 0 Å². The summed E-state index contributed by atoms with van der Waals surface area (Å²) in [7, 11) is 0. The van der Waals surface area contributed by atoms with E-state index in [1.165, 1.54) is 12.1 Å².